The van der Waals surface area contributed by atoms with Gasteiger partial charge in [0.1, 0.15) is 0 Å². The minimum atomic E-state index is -1.55. The number of hydrogen-bond donors (Lipinski definition) is 1. The second kappa shape index (κ2) is 8.55. The summed E-state index contributed by atoms with van der Waals surface area (Å²) in [5.74, 6) is -2.34. The Morgan fingerprint density at radius 3 is 2.54 bits per heavy atom. The molecule has 0 aromatic heterocycles. The zero-order valence-corrected chi connectivity index (χ0v) is 21.8. The van der Waals surface area contributed by atoms with Gasteiger partial charge in [-0.15, -0.1) is 11.6 Å². The monoisotopic (exact) mass is 506 g/mol. The quantitative estimate of drug-likeness (QED) is 0.447. The van der Waals surface area contributed by atoms with Gasteiger partial charge in [-0.3, -0.25) is 19.2 Å². The number of allylic oxidation sites excluding steroid dienone is 4. The van der Waals surface area contributed by atoms with E-state index >= 15 is 0 Å². The third-order valence-electron chi connectivity index (χ3n) is 9.55. The lowest BCUT2D eigenvalue weighted by Gasteiger charge is -2.64. The van der Waals surface area contributed by atoms with Crippen molar-refractivity contribution >= 4 is 35.1 Å². The number of rotatable bonds is 5. The molecule has 0 radical (unpaired) electrons. The highest BCUT2D eigenvalue weighted by atomic mass is 35.5. The summed E-state index contributed by atoms with van der Waals surface area (Å²) in [5.41, 5.74) is -2.27. The molecule has 192 valence electrons. The minimum Gasteiger partial charge on any atom is -0.457 e. The van der Waals surface area contributed by atoms with Gasteiger partial charge in [0.25, 0.3) is 0 Å². The number of hydrogen-bond acceptors (Lipinski definition) is 7. The molecule has 3 saturated carbocycles. The summed E-state index contributed by atoms with van der Waals surface area (Å²) in [5, 5.41) is 11.7. The summed E-state index contributed by atoms with van der Waals surface area (Å²) in [4.78, 5) is 48.9. The third kappa shape index (κ3) is 3.41. The fourth-order valence-electron chi connectivity index (χ4n) is 7.98. The van der Waals surface area contributed by atoms with Gasteiger partial charge in [0.15, 0.2) is 18.0 Å². The molecule has 3 fully saturated rings. The van der Waals surface area contributed by atoms with Crippen molar-refractivity contribution in [1.29, 1.82) is 0 Å². The molecule has 0 spiro atoms. The number of fused-ring (bicyclic) bond motifs is 5. The Bertz CT molecular complexity index is 1030. The molecule has 0 amide bonds. The average molecular weight is 507 g/mol. The molecule has 0 saturated heterocycles. The third-order valence-corrected chi connectivity index (χ3v) is 10.5. The summed E-state index contributed by atoms with van der Waals surface area (Å²) in [6.45, 7) is 8.17. The molecule has 0 heterocycles. The number of carbonyl (C=O) groups is 4. The van der Waals surface area contributed by atoms with E-state index in [1.54, 1.807) is 13.0 Å². The van der Waals surface area contributed by atoms with Crippen molar-refractivity contribution < 1.29 is 33.8 Å². The number of esters is 2. The van der Waals surface area contributed by atoms with Crippen molar-refractivity contribution in [2.45, 2.75) is 83.3 Å². The van der Waals surface area contributed by atoms with Crippen LogP contribution in [0.4, 0.5) is 0 Å². The molecule has 4 rings (SSSR count). The van der Waals surface area contributed by atoms with Gasteiger partial charge in [0.05, 0.1) is 11.0 Å². The Morgan fingerprint density at radius 2 is 1.91 bits per heavy atom. The lowest BCUT2D eigenvalue weighted by Crippen LogP contribution is -2.69. The lowest BCUT2D eigenvalue weighted by atomic mass is 9.45. The van der Waals surface area contributed by atoms with Crippen LogP contribution in [-0.4, -0.2) is 51.8 Å². The van der Waals surface area contributed by atoms with Crippen LogP contribution in [0, 0.1) is 28.6 Å². The van der Waals surface area contributed by atoms with E-state index < -0.39 is 51.7 Å². The van der Waals surface area contributed by atoms with Crippen LogP contribution in [0.25, 0.3) is 0 Å². The van der Waals surface area contributed by atoms with Gasteiger partial charge in [0, 0.05) is 30.1 Å². The Kier molecular flexibility index (Phi) is 6.37. The van der Waals surface area contributed by atoms with Crippen molar-refractivity contribution in [3.05, 3.63) is 23.8 Å². The van der Waals surface area contributed by atoms with Gasteiger partial charge in [-0.1, -0.05) is 39.3 Å². The normalized spacial score (nSPS) is 44.0. The van der Waals surface area contributed by atoms with E-state index in [1.807, 2.05) is 26.8 Å². The Balaban J connectivity index is 1.80. The number of Topliss-reactive ketones (excluding diaryl/α,β-unsaturated/α-hetero) is 1. The maximum atomic E-state index is 13.7. The van der Waals surface area contributed by atoms with E-state index in [1.165, 1.54) is 13.0 Å². The summed E-state index contributed by atoms with van der Waals surface area (Å²) >= 11 is 7.45. The van der Waals surface area contributed by atoms with Crippen molar-refractivity contribution in [1.82, 2.24) is 0 Å². The SMILES string of the molecule is CCC(=O)OCC(=O)[C@]1(OC(C)=O)[C@@H](C)CC2C3CCC4=CC(=O)C=C[C@]4(C)[C@@]3(Cl)[C@@H](O)C[C@@]21C. The fourth-order valence-corrected chi connectivity index (χ4v) is 8.50. The molecule has 4 aliphatic carbocycles. The van der Waals surface area contributed by atoms with Crippen LogP contribution < -0.4 is 0 Å². The number of alkyl halides is 1. The molecule has 1 N–H and O–H groups in total. The number of ether oxygens (including phenoxy) is 2. The van der Waals surface area contributed by atoms with Crippen molar-refractivity contribution in [3.8, 4) is 0 Å². The largest absolute Gasteiger partial charge is 0.457 e. The standard InChI is InChI=1S/C27H35ClO7/c1-6-23(33)34-14-22(32)27(35-16(3)29)15(2)11-20-19-8-7-17-12-18(30)9-10-24(17,4)26(19,28)21(31)13-25(20,27)5/h9-10,12,15,19-21,31H,6-8,11,13-14H2,1-5H3/t15-,19?,20?,21-,24-,25-,26-,27+/m0/s1. The highest BCUT2D eigenvalue weighted by Gasteiger charge is 2.76. The van der Waals surface area contributed by atoms with Crippen LogP contribution in [-0.2, 0) is 28.7 Å². The van der Waals surface area contributed by atoms with Gasteiger partial charge in [-0.05, 0) is 49.7 Å². The average Bonchev–Trinajstić information content (AvgIpc) is 3.00. The molecular weight excluding hydrogens is 472 g/mol. The van der Waals surface area contributed by atoms with Crippen LogP contribution in [0.3, 0.4) is 0 Å². The Hall–Kier alpha value is -1.99. The first-order chi connectivity index (χ1) is 16.3. The van der Waals surface area contributed by atoms with Gasteiger partial charge >= 0.3 is 11.9 Å². The predicted molar refractivity (Wildman–Crippen MR) is 128 cm³/mol. The molecule has 7 nitrogen and oxygen atoms in total. The molecule has 35 heavy (non-hydrogen) atoms. The summed E-state index contributed by atoms with van der Waals surface area (Å²) in [6.07, 6.45) is 6.07. The van der Waals surface area contributed by atoms with Gasteiger partial charge < -0.3 is 14.6 Å². The Labute approximate surface area is 211 Å². The van der Waals surface area contributed by atoms with Gasteiger partial charge in [-0.25, -0.2) is 0 Å². The Morgan fingerprint density at radius 1 is 1.23 bits per heavy atom. The fraction of sp³-hybridized carbons (Fsp3) is 0.704. The van der Waals surface area contributed by atoms with Crippen molar-refractivity contribution in [2.24, 2.45) is 28.6 Å². The molecule has 8 atom stereocenters. The van der Waals surface area contributed by atoms with Crippen LogP contribution in [0.5, 0.6) is 0 Å². The highest BCUT2D eigenvalue weighted by Crippen LogP contribution is 2.72. The highest BCUT2D eigenvalue weighted by molar-refractivity contribution is 6.26. The second-order valence-electron chi connectivity index (χ2n) is 11.2. The lowest BCUT2D eigenvalue weighted by molar-refractivity contribution is -0.202. The van der Waals surface area contributed by atoms with E-state index in [9.17, 15) is 24.3 Å². The van der Waals surface area contributed by atoms with E-state index in [0.717, 1.165) is 5.57 Å². The van der Waals surface area contributed by atoms with Gasteiger partial charge in [0.2, 0.25) is 5.78 Å². The van der Waals surface area contributed by atoms with E-state index in [-0.39, 0.29) is 36.4 Å². The minimum absolute atomic E-state index is 0.0816. The summed E-state index contributed by atoms with van der Waals surface area (Å²) in [7, 11) is 0. The van der Waals surface area contributed by atoms with E-state index in [4.69, 9.17) is 21.1 Å². The summed E-state index contributed by atoms with van der Waals surface area (Å²) < 4.78 is 11.1. The zero-order valence-electron chi connectivity index (χ0n) is 21.1. The van der Waals surface area contributed by atoms with Crippen LogP contribution in [0.1, 0.15) is 66.7 Å². The van der Waals surface area contributed by atoms with Gasteiger partial charge in [-0.2, -0.15) is 0 Å². The molecular formula is C27H35ClO7. The first-order valence-corrected chi connectivity index (χ1v) is 12.9. The molecule has 8 heteroatoms. The molecule has 2 unspecified atom stereocenters. The predicted octanol–water partition coefficient (Wildman–Crippen LogP) is 3.70. The maximum absolute atomic E-state index is 13.7. The molecule has 0 aromatic carbocycles. The number of halogens is 1. The van der Waals surface area contributed by atoms with Crippen LogP contribution in [0.2, 0.25) is 0 Å². The topological polar surface area (TPSA) is 107 Å². The summed E-state index contributed by atoms with van der Waals surface area (Å²) in [6, 6.07) is 0. The number of aliphatic hydroxyl groups is 1. The number of carbonyl (C=O) groups excluding carboxylic acids is 4. The first-order valence-electron chi connectivity index (χ1n) is 12.5. The smallest absolute Gasteiger partial charge is 0.305 e. The number of aliphatic hydroxyl groups excluding tert-OH is 1. The van der Waals surface area contributed by atoms with Crippen molar-refractivity contribution in [2.75, 3.05) is 6.61 Å². The molecule has 0 aromatic rings. The maximum Gasteiger partial charge on any atom is 0.305 e. The molecule has 0 aliphatic heterocycles. The van der Waals surface area contributed by atoms with Crippen LogP contribution >= 0.6 is 11.6 Å². The van der Waals surface area contributed by atoms with Crippen LogP contribution in [0.15, 0.2) is 23.8 Å². The zero-order chi connectivity index (χ0) is 26.0. The molecule has 0 bridgehead atoms. The van der Waals surface area contributed by atoms with E-state index in [0.29, 0.717) is 19.3 Å². The van der Waals surface area contributed by atoms with E-state index in [2.05, 4.69) is 0 Å². The second-order valence-corrected chi connectivity index (χ2v) is 11.8. The number of ketones is 2. The molecule has 4 aliphatic rings. The first kappa shape index (κ1) is 26.1. The van der Waals surface area contributed by atoms with Crippen molar-refractivity contribution in [3.63, 3.8) is 0 Å².